The fourth-order valence-electron chi connectivity index (χ4n) is 3.24. The molecular formula is C24H29NS. The lowest BCUT2D eigenvalue weighted by Gasteiger charge is -2.24. The van der Waals surface area contributed by atoms with Crippen LogP contribution in [0.2, 0.25) is 0 Å². The maximum absolute atomic E-state index is 4.72. The first kappa shape index (κ1) is 20.3. The largest absolute Gasteiger partial charge is 0.244 e. The molecule has 0 unspecified atom stereocenters. The van der Waals surface area contributed by atoms with Gasteiger partial charge in [0.05, 0.1) is 0 Å². The van der Waals surface area contributed by atoms with E-state index in [-0.39, 0.29) is 0 Å². The van der Waals surface area contributed by atoms with Crippen molar-refractivity contribution in [3.05, 3.63) is 89.1 Å². The third-order valence-electron chi connectivity index (χ3n) is 4.42. The average molecular weight is 364 g/mol. The summed E-state index contributed by atoms with van der Waals surface area (Å²) in [6.07, 6.45) is 21.0. The molecule has 0 aliphatic heterocycles. The van der Waals surface area contributed by atoms with E-state index in [0.29, 0.717) is 6.54 Å². The molecule has 1 aromatic carbocycles. The van der Waals surface area contributed by atoms with Gasteiger partial charge in [0, 0.05) is 13.1 Å². The Hall–Kier alpha value is -2.03. The van der Waals surface area contributed by atoms with Gasteiger partial charge in [-0.15, -0.1) is 0 Å². The predicted octanol–water partition coefficient (Wildman–Crippen LogP) is 6.66. The summed E-state index contributed by atoms with van der Waals surface area (Å²) in [4.78, 5) is 0. The fourth-order valence-corrected chi connectivity index (χ4v) is 3.56. The number of hydrogen-bond donors (Lipinski definition) is 1. The van der Waals surface area contributed by atoms with Crippen LogP contribution in [-0.4, -0.2) is 10.8 Å². The molecule has 0 aromatic heterocycles. The molecule has 0 heterocycles. The Morgan fingerprint density at radius 3 is 2.77 bits per heavy atom. The second-order valence-electron chi connectivity index (χ2n) is 6.44. The minimum Gasteiger partial charge on any atom is -0.244 e. The second-order valence-corrected chi connectivity index (χ2v) is 7.01. The van der Waals surface area contributed by atoms with E-state index < -0.39 is 0 Å². The van der Waals surface area contributed by atoms with Crippen molar-refractivity contribution in [2.24, 2.45) is 0 Å². The van der Waals surface area contributed by atoms with Gasteiger partial charge in [-0.2, -0.15) is 0 Å². The molecule has 0 saturated heterocycles. The van der Waals surface area contributed by atoms with E-state index in [1.165, 1.54) is 27.8 Å². The van der Waals surface area contributed by atoms with E-state index in [1.807, 2.05) is 41.6 Å². The minimum atomic E-state index is 0.712. The molecule has 1 aliphatic rings. The topological polar surface area (TPSA) is 3.24 Å². The summed E-state index contributed by atoms with van der Waals surface area (Å²) in [5, 5.41) is 0. The highest BCUT2D eigenvalue weighted by atomic mass is 32.1. The van der Waals surface area contributed by atoms with Crippen LogP contribution >= 0.6 is 12.8 Å². The first-order valence-corrected chi connectivity index (χ1v) is 9.52. The molecule has 136 valence electrons. The highest BCUT2D eigenvalue weighted by Crippen LogP contribution is 2.32. The SMILES string of the molecule is C=Cc1cc2c(c(CN(S)CC(=C)/C=C\C=C/C)c1/C=C\C)C=CCC2. The minimum absolute atomic E-state index is 0.712. The van der Waals surface area contributed by atoms with Crippen LogP contribution in [0.4, 0.5) is 0 Å². The molecule has 0 fully saturated rings. The van der Waals surface area contributed by atoms with Crippen molar-refractivity contribution in [2.75, 3.05) is 6.54 Å². The lowest BCUT2D eigenvalue weighted by molar-refractivity contribution is 0.514. The Morgan fingerprint density at radius 2 is 2.08 bits per heavy atom. The van der Waals surface area contributed by atoms with Crippen LogP contribution in [-0.2, 0) is 13.0 Å². The van der Waals surface area contributed by atoms with Crippen molar-refractivity contribution in [1.82, 2.24) is 4.31 Å². The highest BCUT2D eigenvalue weighted by Gasteiger charge is 2.17. The van der Waals surface area contributed by atoms with Gasteiger partial charge in [0.1, 0.15) is 0 Å². The van der Waals surface area contributed by atoms with Crippen molar-refractivity contribution in [3.63, 3.8) is 0 Å². The summed E-state index contributed by atoms with van der Waals surface area (Å²) in [5.74, 6) is 0. The monoisotopic (exact) mass is 363 g/mol. The maximum Gasteiger partial charge on any atom is 0.0354 e. The standard InChI is InChI=1S/C24H29NS/c1-5-8-9-13-19(4)17-25(26)18-24-22(12-6-2)20(7-3)16-21-14-10-11-15-23(21)24/h5-9,11-13,15-16,26H,3-4,10,14,17-18H2,1-2H3/b8-5-,12-6-,13-9-. The van der Waals surface area contributed by atoms with Crippen LogP contribution in [0.3, 0.4) is 0 Å². The predicted molar refractivity (Wildman–Crippen MR) is 121 cm³/mol. The third-order valence-corrected chi connectivity index (χ3v) is 4.70. The second kappa shape index (κ2) is 10.2. The molecule has 0 spiro atoms. The first-order chi connectivity index (χ1) is 12.6. The van der Waals surface area contributed by atoms with Crippen molar-refractivity contribution < 1.29 is 0 Å². The van der Waals surface area contributed by atoms with Gasteiger partial charge in [-0.05, 0) is 60.1 Å². The number of fused-ring (bicyclic) bond motifs is 1. The number of aryl methyl sites for hydroxylation is 1. The van der Waals surface area contributed by atoms with E-state index in [1.54, 1.807) is 0 Å². The number of rotatable bonds is 8. The number of benzene rings is 1. The van der Waals surface area contributed by atoms with Crippen LogP contribution < -0.4 is 0 Å². The molecule has 1 aromatic rings. The summed E-state index contributed by atoms with van der Waals surface area (Å²) >= 11 is 4.72. The molecular weight excluding hydrogens is 334 g/mol. The Balaban J connectivity index is 2.33. The first-order valence-electron chi connectivity index (χ1n) is 9.12. The van der Waals surface area contributed by atoms with E-state index in [0.717, 1.165) is 25.0 Å². The molecule has 1 aliphatic carbocycles. The average Bonchev–Trinajstić information content (AvgIpc) is 2.63. The van der Waals surface area contributed by atoms with Crippen LogP contribution in [0.1, 0.15) is 48.1 Å². The van der Waals surface area contributed by atoms with Crippen molar-refractivity contribution in [3.8, 4) is 0 Å². The summed E-state index contributed by atoms with van der Waals surface area (Å²) in [6.45, 7) is 13.7. The normalized spacial score (nSPS) is 14.0. The van der Waals surface area contributed by atoms with Crippen LogP contribution in [0, 0.1) is 0 Å². The zero-order valence-electron chi connectivity index (χ0n) is 15.9. The number of nitrogens with zero attached hydrogens (tertiary/aromatic N) is 1. The van der Waals surface area contributed by atoms with Gasteiger partial charge < -0.3 is 0 Å². The number of thiol groups is 1. The molecule has 2 heteroatoms. The van der Waals surface area contributed by atoms with Gasteiger partial charge in [0.15, 0.2) is 0 Å². The Kier molecular flexibility index (Phi) is 7.96. The van der Waals surface area contributed by atoms with Gasteiger partial charge in [-0.25, -0.2) is 4.31 Å². The molecule has 0 N–H and O–H groups in total. The summed E-state index contributed by atoms with van der Waals surface area (Å²) in [6, 6.07) is 2.28. The number of allylic oxidation sites excluding steroid dienone is 5. The van der Waals surface area contributed by atoms with Gasteiger partial charge in [-0.1, -0.05) is 86.7 Å². The summed E-state index contributed by atoms with van der Waals surface area (Å²) < 4.78 is 2.03. The van der Waals surface area contributed by atoms with Crippen molar-refractivity contribution in [2.45, 2.75) is 33.2 Å². The lowest BCUT2D eigenvalue weighted by atomic mass is 9.86. The summed E-state index contributed by atoms with van der Waals surface area (Å²) in [5.41, 5.74) is 7.52. The molecule has 0 saturated carbocycles. The van der Waals surface area contributed by atoms with Gasteiger partial charge in [0.2, 0.25) is 0 Å². The molecule has 1 nitrogen and oxygen atoms in total. The van der Waals surface area contributed by atoms with Crippen LogP contribution in [0.5, 0.6) is 0 Å². The molecule has 26 heavy (non-hydrogen) atoms. The fraction of sp³-hybridized carbons (Fsp3) is 0.250. The molecule has 0 atom stereocenters. The van der Waals surface area contributed by atoms with E-state index in [2.05, 4.69) is 50.5 Å². The molecule has 0 amide bonds. The van der Waals surface area contributed by atoms with E-state index >= 15 is 0 Å². The van der Waals surface area contributed by atoms with Gasteiger partial charge >= 0.3 is 0 Å². The zero-order chi connectivity index (χ0) is 18.9. The summed E-state index contributed by atoms with van der Waals surface area (Å²) in [7, 11) is 0. The molecule has 0 bridgehead atoms. The van der Waals surface area contributed by atoms with Gasteiger partial charge in [0.25, 0.3) is 0 Å². The molecule has 0 radical (unpaired) electrons. The smallest absolute Gasteiger partial charge is 0.0354 e. The Labute approximate surface area is 164 Å². The van der Waals surface area contributed by atoms with Crippen LogP contribution in [0.15, 0.2) is 61.3 Å². The van der Waals surface area contributed by atoms with Gasteiger partial charge in [-0.3, -0.25) is 0 Å². The number of hydrogen-bond acceptors (Lipinski definition) is 2. The zero-order valence-corrected chi connectivity index (χ0v) is 16.8. The van der Waals surface area contributed by atoms with E-state index in [4.69, 9.17) is 12.8 Å². The van der Waals surface area contributed by atoms with Crippen molar-refractivity contribution in [1.29, 1.82) is 0 Å². The highest BCUT2D eigenvalue weighted by molar-refractivity contribution is 7.77. The molecule has 2 rings (SSSR count). The lowest BCUT2D eigenvalue weighted by Crippen LogP contribution is -2.17. The van der Waals surface area contributed by atoms with Crippen molar-refractivity contribution >= 4 is 31.0 Å². The maximum atomic E-state index is 4.72. The van der Waals surface area contributed by atoms with Crippen LogP contribution in [0.25, 0.3) is 18.2 Å². The quantitative estimate of drug-likeness (QED) is 0.399. The Bertz CT molecular complexity index is 778. The third kappa shape index (κ3) is 5.23. The Morgan fingerprint density at radius 1 is 1.27 bits per heavy atom. The van der Waals surface area contributed by atoms with E-state index in [9.17, 15) is 0 Å².